The van der Waals surface area contributed by atoms with E-state index in [0.29, 0.717) is 30.1 Å². The molecule has 1 amide bonds. The Kier molecular flexibility index (Phi) is 5.77. The lowest BCUT2D eigenvalue weighted by molar-refractivity contribution is -0.132. The van der Waals surface area contributed by atoms with Gasteiger partial charge in [-0.3, -0.25) is 9.59 Å². The summed E-state index contributed by atoms with van der Waals surface area (Å²) in [6, 6.07) is 5.36. The van der Waals surface area contributed by atoms with Gasteiger partial charge in [0.15, 0.2) is 5.78 Å². The lowest BCUT2D eigenvalue weighted by Crippen LogP contribution is -2.42. The van der Waals surface area contributed by atoms with Crippen molar-refractivity contribution >= 4 is 23.3 Å². The Labute approximate surface area is 159 Å². The number of halogens is 1. The summed E-state index contributed by atoms with van der Waals surface area (Å²) in [6.07, 6.45) is 5.74. The highest BCUT2D eigenvalue weighted by Gasteiger charge is 2.29. The van der Waals surface area contributed by atoms with Gasteiger partial charge in [-0.2, -0.15) is 0 Å². The van der Waals surface area contributed by atoms with Crippen molar-refractivity contribution in [2.75, 3.05) is 13.1 Å². The van der Waals surface area contributed by atoms with E-state index in [9.17, 15) is 9.59 Å². The maximum Gasteiger partial charge on any atom is 0.224 e. The normalized spacial score (nSPS) is 17.3. The molecular formula is C20H24ClN3O2. The molecule has 5 nitrogen and oxygen atoms in total. The fraction of sp³-hybridized carbons (Fsp3) is 0.450. The number of aryl methyl sites for hydroxylation is 3. The van der Waals surface area contributed by atoms with Crippen LogP contribution in [0.1, 0.15) is 41.0 Å². The van der Waals surface area contributed by atoms with Crippen LogP contribution in [-0.4, -0.2) is 39.2 Å². The molecule has 1 aromatic heterocycles. The molecule has 2 heterocycles. The predicted octanol–water partition coefficient (Wildman–Crippen LogP) is 3.66. The van der Waals surface area contributed by atoms with Crippen molar-refractivity contribution < 1.29 is 9.59 Å². The van der Waals surface area contributed by atoms with Gasteiger partial charge < -0.3 is 9.47 Å². The Morgan fingerprint density at radius 3 is 2.81 bits per heavy atom. The van der Waals surface area contributed by atoms with Gasteiger partial charge in [-0.1, -0.05) is 11.6 Å². The van der Waals surface area contributed by atoms with E-state index < -0.39 is 0 Å². The second-order valence-corrected chi connectivity index (χ2v) is 7.36. The number of Topliss-reactive ketones (excluding diaryl/α,β-unsaturated/α-hetero) is 1. The molecule has 0 bridgehead atoms. The third-order valence-corrected chi connectivity index (χ3v) is 5.32. The number of hydrogen-bond acceptors (Lipinski definition) is 3. The van der Waals surface area contributed by atoms with Gasteiger partial charge in [-0.15, -0.1) is 0 Å². The highest BCUT2D eigenvalue weighted by atomic mass is 35.5. The minimum atomic E-state index is -0.137. The summed E-state index contributed by atoms with van der Waals surface area (Å²) in [5.41, 5.74) is 1.60. The van der Waals surface area contributed by atoms with Gasteiger partial charge in [0, 0.05) is 55.0 Å². The van der Waals surface area contributed by atoms with Crippen LogP contribution in [0.3, 0.4) is 0 Å². The number of nitrogens with zero attached hydrogens (tertiary/aromatic N) is 3. The molecule has 0 radical (unpaired) electrons. The Bertz CT molecular complexity index is 815. The molecule has 138 valence electrons. The van der Waals surface area contributed by atoms with Crippen molar-refractivity contribution in [3.8, 4) is 0 Å². The third-order valence-electron chi connectivity index (χ3n) is 5.09. The van der Waals surface area contributed by atoms with Crippen LogP contribution in [-0.2, 0) is 11.3 Å². The molecule has 0 aliphatic carbocycles. The first kappa shape index (κ1) is 18.6. The molecular weight excluding hydrogens is 350 g/mol. The standard InChI is InChI=1S/C20H24ClN3O2/c1-14-12-17(21)5-6-18(14)20(26)16-4-3-9-24(13-16)19(25)7-10-23-11-8-22-15(23)2/h5-6,8,11-12,16H,3-4,7,9-10,13H2,1-2H3. The lowest BCUT2D eigenvalue weighted by atomic mass is 9.88. The minimum Gasteiger partial charge on any atom is -0.342 e. The van der Waals surface area contributed by atoms with Crippen LogP contribution in [0.4, 0.5) is 0 Å². The number of ketones is 1. The zero-order chi connectivity index (χ0) is 18.7. The quantitative estimate of drug-likeness (QED) is 0.751. The lowest BCUT2D eigenvalue weighted by Gasteiger charge is -2.32. The van der Waals surface area contributed by atoms with Crippen molar-refractivity contribution in [1.29, 1.82) is 0 Å². The van der Waals surface area contributed by atoms with Gasteiger partial charge in [0.1, 0.15) is 5.82 Å². The first-order valence-corrected chi connectivity index (χ1v) is 9.39. The van der Waals surface area contributed by atoms with Crippen molar-refractivity contribution in [3.63, 3.8) is 0 Å². The van der Waals surface area contributed by atoms with Crippen LogP contribution >= 0.6 is 11.6 Å². The molecule has 1 fully saturated rings. The van der Waals surface area contributed by atoms with E-state index >= 15 is 0 Å². The van der Waals surface area contributed by atoms with E-state index in [1.165, 1.54) is 0 Å². The second-order valence-electron chi connectivity index (χ2n) is 6.92. The minimum absolute atomic E-state index is 0.100. The van der Waals surface area contributed by atoms with E-state index in [1.807, 2.05) is 35.6 Å². The molecule has 26 heavy (non-hydrogen) atoms. The Hall–Kier alpha value is -2.14. The summed E-state index contributed by atoms with van der Waals surface area (Å²) in [7, 11) is 0. The molecule has 1 aliphatic rings. The van der Waals surface area contributed by atoms with E-state index in [4.69, 9.17) is 11.6 Å². The molecule has 1 saturated heterocycles. The van der Waals surface area contributed by atoms with Crippen molar-refractivity contribution in [1.82, 2.24) is 14.5 Å². The molecule has 1 aliphatic heterocycles. The van der Waals surface area contributed by atoms with E-state index in [1.54, 1.807) is 18.3 Å². The number of benzene rings is 1. The number of carbonyl (C=O) groups is 2. The molecule has 1 aromatic carbocycles. The number of carbonyl (C=O) groups excluding carboxylic acids is 2. The molecule has 3 rings (SSSR count). The third kappa shape index (κ3) is 4.15. The summed E-state index contributed by atoms with van der Waals surface area (Å²) in [5, 5.41) is 0.634. The van der Waals surface area contributed by atoms with E-state index in [2.05, 4.69) is 4.98 Å². The molecule has 0 N–H and O–H groups in total. The monoisotopic (exact) mass is 373 g/mol. The summed E-state index contributed by atoms with van der Waals surface area (Å²) in [4.78, 5) is 31.5. The first-order valence-electron chi connectivity index (χ1n) is 9.01. The van der Waals surface area contributed by atoms with Gasteiger partial charge in [0.2, 0.25) is 5.91 Å². The van der Waals surface area contributed by atoms with E-state index in [-0.39, 0.29) is 17.6 Å². The van der Waals surface area contributed by atoms with Gasteiger partial charge in [0.25, 0.3) is 0 Å². The molecule has 1 atom stereocenters. The van der Waals surface area contributed by atoms with Crippen molar-refractivity contribution in [3.05, 3.63) is 52.6 Å². The largest absolute Gasteiger partial charge is 0.342 e. The Balaban J connectivity index is 1.62. The van der Waals surface area contributed by atoms with Crippen molar-refractivity contribution in [2.45, 2.75) is 39.7 Å². The number of amides is 1. The summed E-state index contributed by atoms with van der Waals surface area (Å²) in [6.45, 7) is 5.68. The average Bonchev–Trinajstić information content (AvgIpc) is 3.04. The number of imidazole rings is 1. The molecule has 0 saturated carbocycles. The van der Waals surface area contributed by atoms with Crippen LogP contribution in [0.2, 0.25) is 5.02 Å². The maximum atomic E-state index is 12.9. The predicted molar refractivity (Wildman–Crippen MR) is 101 cm³/mol. The molecule has 2 aromatic rings. The zero-order valence-electron chi connectivity index (χ0n) is 15.2. The number of aromatic nitrogens is 2. The number of rotatable bonds is 5. The average molecular weight is 374 g/mol. The second kappa shape index (κ2) is 8.04. The molecule has 1 unspecified atom stereocenters. The fourth-order valence-electron chi connectivity index (χ4n) is 3.56. The fourth-order valence-corrected chi connectivity index (χ4v) is 3.78. The van der Waals surface area contributed by atoms with Gasteiger partial charge in [-0.05, 0) is 50.5 Å². The zero-order valence-corrected chi connectivity index (χ0v) is 16.0. The molecule has 0 spiro atoms. The Morgan fingerprint density at radius 1 is 1.31 bits per heavy atom. The number of piperidine rings is 1. The SMILES string of the molecule is Cc1cc(Cl)ccc1C(=O)C1CCCN(C(=O)CCn2ccnc2C)C1. The molecule has 6 heteroatoms. The summed E-state index contributed by atoms with van der Waals surface area (Å²) in [5.74, 6) is 0.982. The van der Waals surface area contributed by atoms with Gasteiger partial charge >= 0.3 is 0 Å². The van der Waals surface area contributed by atoms with Crippen LogP contribution in [0, 0.1) is 19.8 Å². The smallest absolute Gasteiger partial charge is 0.224 e. The maximum absolute atomic E-state index is 12.9. The number of hydrogen-bond donors (Lipinski definition) is 0. The van der Waals surface area contributed by atoms with Crippen LogP contribution < -0.4 is 0 Å². The first-order chi connectivity index (χ1) is 12.5. The van der Waals surface area contributed by atoms with Gasteiger partial charge in [-0.25, -0.2) is 4.98 Å². The highest BCUT2D eigenvalue weighted by molar-refractivity contribution is 6.30. The van der Waals surface area contributed by atoms with Crippen LogP contribution in [0.5, 0.6) is 0 Å². The van der Waals surface area contributed by atoms with Gasteiger partial charge in [0.05, 0.1) is 0 Å². The summed E-state index contributed by atoms with van der Waals surface area (Å²) >= 11 is 5.99. The van der Waals surface area contributed by atoms with Crippen LogP contribution in [0.25, 0.3) is 0 Å². The summed E-state index contributed by atoms with van der Waals surface area (Å²) < 4.78 is 1.97. The highest BCUT2D eigenvalue weighted by Crippen LogP contribution is 2.24. The van der Waals surface area contributed by atoms with Crippen molar-refractivity contribution in [2.24, 2.45) is 5.92 Å². The van der Waals surface area contributed by atoms with E-state index in [0.717, 1.165) is 30.8 Å². The topological polar surface area (TPSA) is 55.2 Å². The number of likely N-dealkylation sites (tertiary alicyclic amines) is 1. The van der Waals surface area contributed by atoms with Crippen LogP contribution in [0.15, 0.2) is 30.6 Å². The Morgan fingerprint density at radius 2 is 2.12 bits per heavy atom.